The van der Waals surface area contributed by atoms with Gasteiger partial charge in [-0.3, -0.25) is 19.0 Å². The summed E-state index contributed by atoms with van der Waals surface area (Å²) in [6, 6.07) is 0.132. The van der Waals surface area contributed by atoms with Gasteiger partial charge < -0.3 is 31.4 Å². The molecule has 17 heteroatoms. The second-order valence-corrected chi connectivity index (χ2v) is 12.9. The fraction of sp³-hybridized carbons (Fsp3) is 0.379. The van der Waals surface area contributed by atoms with Crippen molar-refractivity contribution in [1.82, 2.24) is 14.5 Å². The molecule has 2 aromatic heterocycles. The standard InChI is InChI=1S/C29H30F3N7O5S2/c1-4-20(41)39-13(2)7-37(8-14(39)3)27-17-5-18(29(30,31)32)22(24-21(26(35)42)15(6-33)11-45-24)25-23(17)38(28(43)36-27)9-16(12-46-25)44-10-19(34)40/h4-6,11,13-14,16,33H,1,7-10,12H2,2-3H3,(H2,34,40)(H2,35,42)/t13-,14+,16?. The molecule has 0 spiro atoms. The Morgan fingerprint density at radius 1 is 1.20 bits per heavy atom. The Morgan fingerprint density at radius 2 is 1.87 bits per heavy atom. The molecule has 5 rings (SSSR count). The number of anilines is 1. The van der Waals surface area contributed by atoms with Gasteiger partial charge in [0.05, 0.1) is 29.3 Å². The van der Waals surface area contributed by atoms with Gasteiger partial charge in [0.1, 0.15) is 12.4 Å². The zero-order chi connectivity index (χ0) is 33.7. The number of alkyl halides is 3. The van der Waals surface area contributed by atoms with Crippen LogP contribution in [0.25, 0.3) is 21.3 Å². The number of thiophene rings is 1. The average molecular weight is 678 g/mol. The maximum absolute atomic E-state index is 15.1. The number of halogens is 3. The molecule has 3 amide bonds. The highest BCUT2D eigenvalue weighted by atomic mass is 32.2. The molecule has 12 nitrogen and oxygen atoms in total. The SMILES string of the molecule is C=CC(=O)N1[C@H](C)CN(c2nc(=O)n3c4c(c(-c5scc(C=N)c5C(N)=O)c(C(F)(F)F)cc24)SCC(OCC(N)=O)C3)C[C@@H]1C. The number of amides is 3. The minimum Gasteiger partial charge on any atom is -0.368 e. The molecule has 1 aromatic carbocycles. The van der Waals surface area contributed by atoms with Gasteiger partial charge in [-0.15, -0.1) is 23.1 Å². The first-order chi connectivity index (χ1) is 21.7. The van der Waals surface area contributed by atoms with E-state index in [0.717, 1.165) is 35.4 Å². The van der Waals surface area contributed by atoms with Crippen molar-refractivity contribution in [3.63, 3.8) is 0 Å². The molecule has 3 aromatic rings. The van der Waals surface area contributed by atoms with Gasteiger partial charge in [-0.05, 0) is 26.0 Å². The third kappa shape index (κ3) is 5.89. The molecular formula is C29H30F3N7O5S2. The van der Waals surface area contributed by atoms with Crippen LogP contribution in [-0.4, -0.2) is 82.0 Å². The number of hydrogen-bond donors (Lipinski definition) is 3. The minimum absolute atomic E-state index is 0.0116. The lowest BCUT2D eigenvalue weighted by atomic mass is 9.97. The lowest BCUT2D eigenvalue weighted by Crippen LogP contribution is -2.58. The maximum Gasteiger partial charge on any atom is 0.417 e. The molecule has 0 saturated carbocycles. The van der Waals surface area contributed by atoms with Gasteiger partial charge in [0.25, 0.3) is 5.91 Å². The Balaban J connectivity index is 1.84. The Labute approximate surface area is 268 Å². The van der Waals surface area contributed by atoms with Crippen molar-refractivity contribution in [3.05, 3.63) is 51.3 Å². The van der Waals surface area contributed by atoms with E-state index in [-0.39, 0.29) is 74.5 Å². The van der Waals surface area contributed by atoms with Crippen molar-refractivity contribution in [2.75, 3.05) is 30.3 Å². The van der Waals surface area contributed by atoms with Crippen molar-refractivity contribution in [2.45, 2.75) is 49.7 Å². The number of ether oxygens (including phenoxy) is 1. The number of rotatable bonds is 8. The van der Waals surface area contributed by atoms with Crippen molar-refractivity contribution in [3.8, 4) is 10.4 Å². The number of piperazine rings is 1. The molecular weight excluding hydrogens is 647 g/mol. The van der Waals surface area contributed by atoms with E-state index in [1.165, 1.54) is 16.0 Å². The van der Waals surface area contributed by atoms with Crippen LogP contribution in [0.5, 0.6) is 0 Å². The van der Waals surface area contributed by atoms with Crippen LogP contribution in [0.1, 0.15) is 35.3 Å². The second kappa shape index (κ2) is 12.5. The van der Waals surface area contributed by atoms with Crippen LogP contribution in [0.15, 0.2) is 33.8 Å². The Kier molecular flexibility index (Phi) is 9.03. The molecule has 46 heavy (non-hydrogen) atoms. The van der Waals surface area contributed by atoms with E-state index in [2.05, 4.69) is 11.6 Å². The monoisotopic (exact) mass is 677 g/mol. The van der Waals surface area contributed by atoms with Gasteiger partial charge in [0.15, 0.2) is 0 Å². The summed E-state index contributed by atoms with van der Waals surface area (Å²) >= 11 is 1.80. The van der Waals surface area contributed by atoms with Crippen molar-refractivity contribution < 1.29 is 32.3 Å². The highest BCUT2D eigenvalue weighted by Crippen LogP contribution is 2.50. The van der Waals surface area contributed by atoms with Crippen LogP contribution in [-0.2, 0) is 27.0 Å². The number of primary amides is 2. The fourth-order valence-corrected chi connectivity index (χ4v) is 8.51. The van der Waals surface area contributed by atoms with Crippen LogP contribution in [0.3, 0.4) is 0 Å². The number of thioether (sulfide) groups is 1. The number of hydrogen-bond acceptors (Lipinski definition) is 10. The van der Waals surface area contributed by atoms with Crippen LogP contribution >= 0.6 is 23.1 Å². The summed E-state index contributed by atoms with van der Waals surface area (Å²) < 4.78 is 52.0. The Hall–Kier alpha value is -4.22. The third-order valence-corrected chi connectivity index (χ3v) is 10.1. The van der Waals surface area contributed by atoms with Crippen LogP contribution in [0, 0.1) is 5.41 Å². The van der Waals surface area contributed by atoms with Gasteiger partial charge in [-0.1, -0.05) is 6.58 Å². The fourth-order valence-electron chi connectivity index (χ4n) is 6.08. The number of nitrogens with one attached hydrogen (secondary N) is 1. The number of nitrogens with two attached hydrogens (primary N) is 2. The van der Waals surface area contributed by atoms with E-state index in [1.807, 2.05) is 0 Å². The van der Waals surface area contributed by atoms with E-state index < -0.39 is 54.0 Å². The van der Waals surface area contributed by atoms with E-state index >= 15 is 13.2 Å². The molecule has 0 aliphatic carbocycles. The zero-order valence-electron chi connectivity index (χ0n) is 24.7. The molecule has 2 aliphatic heterocycles. The number of carbonyl (C=O) groups is 3. The first-order valence-electron chi connectivity index (χ1n) is 14.0. The van der Waals surface area contributed by atoms with Gasteiger partial charge in [-0.25, -0.2) is 4.79 Å². The normalized spacial score (nSPS) is 20.0. The molecule has 1 fully saturated rings. The lowest BCUT2D eigenvalue weighted by Gasteiger charge is -2.44. The predicted octanol–water partition coefficient (Wildman–Crippen LogP) is 2.83. The largest absolute Gasteiger partial charge is 0.417 e. The molecule has 0 bridgehead atoms. The van der Waals surface area contributed by atoms with Crippen LogP contribution < -0.4 is 22.1 Å². The summed E-state index contributed by atoms with van der Waals surface area (Å²) in [4.78, 5) is 57.8. The quantitative estimate of drug-likeness (QED) is 0.241. The summed E-state index contributed by atoms with van der Waals surface area (Å²) in [6.45, 7) is 6.84. The smallest absolute Gasteiger partial charge is 0.368 e. The van der Waals surface area contributed by atoms with Gasteiger partial charge in [0, 0.05) is 68.8 Å². The molecule has 1 saturated heterocycles. The zero-order valence-corrected chi connectivity index (χ0v) is 26.4. The predicted molar refractivity (Wildman–Crippen MR) is 169 cm³/mol. The summed E-state index contributed by atoms with van der Waals surface area (Å²) in [5.74, 6) is -2.04. The Morgan fingerprint density at radius 3 is 2.43 bits per heavy atom. The maximum atomic E-state index is 15.1. The highest BCUT2D eigenvalue weighted by molar-refractivity contribution is 7.99. The molecule has 3 atom stereocenters. The number of nitrogens with zero attached hydrogens (tertiary/aromatic N) is 4. The van der Waals surface area contributed by atoms with E-state index in [9.17, 15) is 19.2 Å². The van der Waals surface area contributed by atoms with E-state index in [0.29, 0.717) is 0 Å². The number of carbonyl (C=O) groups excluding carboxylic acids is 3. The number of aromatic nitrogens is 2. The summed E-state index contributed by atoms with van der Waals surface area (Å²) in [6.07, 6.45) is -3.72. The van der Waals surface area contributed by atoms with Crippen LogP contribution in [0.2, 0.25) is 0 Å². The lowest BCUT2D eigenvalue weighted by molar-refractivity contribution is -0.137. The third-order valence-electron chi connectivity index (χ3n) is 7.86. The average Bonchev–Trinajstić information content (AvgIpc) is 3.32. The summed E-state index contributed by atoms with van der Waals surface area (Å²) in [5, 5.41) is 9.11. The Bertz CT molecular complexity index is 1830. The first-order valence-corrected chi connectivity index (χ1v) is 15.9. The van der Waals surface area contributed by atoms with Crippen molar-refractivity contribution in [2.24, 2.45) is 11.5 Å². The molecule has 5 N–H and O–H groups in total. The molecule has 1 unspecified atom stereocenters. The molecule has 0 radical (unpaired) electrons. The van der Waals surface area contributed by atoms with Crippen molar-refractivity contribution in [1.29, 1.82) is 5.41 Å². The van der Waals surface area contributed by atoms with Crippen LogP contribution in [0.4, 0.5) is 19.0 Å². The van der Waals surface area contributed by atoms with Gasteiger partial charge in [0.2, 0.25) is 11.8 Å². The second-order valence-electron chi connectivity index (χ2n) is 11.0. The van der Waals surface area contributed by atoms with E-state index in [1.54, 1.807) is 23.6 Å². The minimum atomic E-state index is -4.94. The highest BCUT2D eigenvalue weighted by Gasteiger charge is 2.41. The molecule has 4 heterocycles. The van der Waals surface area contributed by atoms with Crippen molar-refractivity contribution >= 4 is 63.8 Å². The topological polar surface area (TPSA) is 178 Å². The van der Waals surface area contributed by atoms with E-state index in [4.69, 9.17) is 21.6 Å². The summed E-state index contributed by atoms with van der Waals surface area (Å²) in [7, 11) is 0. The molecule has 2 aliphatic rings. The first kappa shape index (κ1) is 33.2. The van der Waals surface area contributed by atoms with Gasteiger partial charge in [-0.2, -0.15) is 18.2 Å². The van der Waals surface area contributed by atoms with Gasteiger partial charge >= 0.3 is 11.9 Å². The number of benzene rings is 1. The summed E-state index contributed by atoms with van der Waals surface area (Å²) in [5.41, 5.74) is 8.60. The molecule has 244 valence electrons.